The first kappa shape index (κ1) is 20.9. The van der Waals surface area contributed by atoms with Gasteiger partial charge in [-0.15, -0.1) is 0 Å². The van der Waals surface area contributed by atoms with Gasteiger partial charge in [-0.05, 0) is 61.2 Å². The lowest BCUT2D eigenvalue weighted by molar-refractivity contribution is 0.346. The third kappa shape index (κ3) is 3.77. The van der Waals surface area contributed by atoms with Crippen molar-refractivity contribution in [1.29, 1.82) is 0 Å². The van der Waals surface area contributed by atoms with E-state index in [-0.39, 0.29) is 26.4 Å². The molecule has 0 amide bonds. The van der Waals surface area contributed by atoms with E-state index in [2.05, 4.69) is 0 Å². The Balaban J connectivity index is 1.69. The zero-order chi connectivity index (χ0) is 20.8. The van der Waals surface area contributed by atoms with Crippen molar-refractivity contribution in [3.05, 3.63) is 52.0 Å². The number of sulfonamides is 2. The molecule has 4 rings (SSSR count). The average molecular weight is 475 g/mol. The SMILES string of the molecule is O=S(=O)(c1ccc2c(c1)CCN2S(=O)(=O)c1cc(Cl)ccc1Cl)N1CCCCC1. The minimum absolute atomic E-state index is 0.0652. The van der Waals surface area contributed by atoms with Gasteiger partial charge in [-0.25, -0.2) is 16.8 Å². The first-order chi connectivity index (χ1) is 13.7. The van der Waals surface area contributed by atoms with Gasteiger partial charge < -0.3 is 0 Å². The number of fused-ring (bicyclic) bond motifs is 1. The molecule has 2 aliphatic heterocycles. The molecule has 0 saturated carbocycles. The summed E-state index contributed by atoms with van der Waals surface area (Å²) >= 11 is 12.1. The smallest absolute Gasteiger partial charge is 0.265 e. The first-order valence-electron chi connectivity index (χ1n) is 9.32. The molecule has 156 valence electrons. The van der Waals surface area contributed by atoms with E-state index in [1.807, 2.05) is 0 Å². The Labute approximate surface area is 181 Å². The summed E-state index contributed by atoms with van der Waals surface area (Å²) < 4.78 is 54.9. The summed E-state index contributed by atoms with van der Waals surface area (Å²) in [7, 11) is -7.49. The van der Waals surface area contributed by atoms with Gasteiger partial charge in [0.1, 0.15) is 4.90 Å². The summed E-state index contributed by atoms with van der Waals surface area (Å²) in [6.45, 7) is 1.26. The van der Waals surface area contributed by atoms with Crippen LogP contribution in [0.25, 0.3) is 0 Å². The van der Waals surface area contributed by atoms with Crippen LogP contribution in [-0.4, -0.2) is 40.8 Å². The highest BCUT2D eigenvalue weighted by Gasteiger charge is 2.34. The van der Waals surface area contributed by atoms with E-state index in [0.717, 1.165) is 19.3 Å². The Hall–Kier alpha value is -1.32. The zero-order valence-corrected chi connectivity index (χ0v) is 18.7. The van der Waals surface area contributed by atoms with Crippen molar-refractivity contribution >= 4 is 48.9 Å². The lowest BCUT2D eigenvalue weighted by Crippen LogP contribution is -2.35. The van der Waals surface area contributed by atoms with Crippen LogP contribution in [0.3, 0.4) is 0 Å². The van der Waals surface area contributed by atoms with E-state index in [9.17, 15) is 16.8 Å². The largest absolute Gasteiger partial charge is 0.266 e. The van der Waals surface area contributed by atoms with E-state index in [4.69, 9.17) is 23.2 Å². The fraction of sp³-hybridized carbons (Fsp3) is 0.368. The van der Waals surface area contributed by atoms with E-state index in [1.54, 1.807) is 12.1 Å². The van der Waals surface area contributed by atoms with Gasteiger partial charge in [0.15, 0.2) is 0 Å². The molecule has 0 atom stereocenters. The van der Waals surface area contributed by atoms with Gasteiger partial charge in [0.2, 0.25) is 10.0 Å². The van der Waals surface area contributed by atoms with E-state index >= 15 is 0 Å². The fourth-order valence-electron chi connectivity index (χ4n) is 3.81. The quantitative estimate of drug-likeness (QED) is 0.672. The van der Waals surface area contributed by atoms with Crippen LogP contribution >= 0.6 is 23.2 Å². The number of nitrogens with zero attached hydrogens (tertiary/aromatic N) is 2. The minimum Gasteiger partial charge on any atom is -0.266 e. The van der Waals surface area contributed by atoms with Gasteiger partial charge in [-0.2, -0.15) is 4.31 Å². The van der Waals surface area contributed by atoms with Crippen LogP contribution in [0.4, 0.5) is 5.69 Å². The predicted molar refractivity (Wildman–Crippen MR) is 114 cm³/mol. The maximum absolute atomic E-state index is 13.2. The molecule has 2 aromatic rings. The number of rotatable bonds is 4. The second-order valence-corrected chi connectivity index (χ2v) is 11.8. The number of piperidine rings is 1. The Kier molecular flexibility index (Phi) is 5.59. The van der Waals surface area contributed by atoms with Crippen LogP contribution < -0.4 is 4.31 Å². The second-order valence-electron chi connectivity index (χ2n) is 7.16. The molecule has 2 aliphatic rings. The number of hydrogen-bond acceptors (Lipinski definition) is 4. The molecule has 1 saturated heterocycles. The van der Waals surface area contributed by atoms with Crippen molar-refractivity contribution in [2.45, 2.75) is 35.5 Å². The van der Waals surface area contributed by atoms with E-state index in [1.165, 1.54) is 32.9 Å². The maximum Gasteiger partial charge on any atom is 0.265 e. The molecule has 0 aliphatic carbocycles. The van der Waals surface area contributed by atoms with Crippen molar-refractivity contribution in [1.82, 2.24) is 4.31 Å². The molecule has 0 bridgehead atoms. The Morgan fingerprint density at radius 3 is 2.24 bits per heavy atom. The van der Waals surface area contributed by atoms with Crippen molar-refractivity contribution in [3.8, 4) is 0 Å². The summed E-state index contributed by atoms with van der Waals surface area (Å²) in [6.07, 6.45) is 3.18. The molecule has 0 spiro atoms. The molecule has 1 fully saturated rings. The summed E-state index contributed by atoms with van der Waals surface area (Å²) in [5, 5.41) is 0.363. The molecule has 0 unspecified atom stereocenters. The highest BCUT2D eigenvalue weighted by molar-refractivity contribution is 7.93. The summed E-state index contributed by atoms with van der Waals surface area (Å²) in [4.78, 5) is 0.141. The van der Waals surface area contributed by atoms with E-state index < -0.39 is 20.0 Å². The third-order valence-electron chi connectivity index (χ3n) is 5.32. The maximum atomic E-state index is 13.2. The van der Waals surface area contributed by atoms with Crippen molar-refractivity contribution < 1.29 is 16.8 Å². The monoisotopic (exact) mass is 474 g/mol. The molecule has 29 heavy (non-hydrogen) atoms. The molecular weight excluding hydrogens is 455 g/mol. The van der Waals surface area contributed by atoms with Crippen molar-refractivity contribution in [2.24, 2.45) is 0 Å². The summed E-state index contributed by atoms with van der Waals surface area (Å²) in [6, 6.07) is 8.94. The average Bonchev–Trinajstić information content (AvgIpc) is 3.14. The van der Waals surface area contributed by atoms with Crippen LogP contribution in [0.15, 0.2) is 46.2 Å². The van der Waals surface area contributed by atoms with Gasteiger partial charge in [0.25, 0.3) is 10.0 Å². The first-order valence-corrected chi connectivity index (χ1v) is 13.0. The molecule has 2 heterocycles. The van der Waals surface area contributed by atoms with Crippen LogP contribution in [0.1, 0.15) is 24.8 Å². The highest BCUT2D eigenvalue weighted by atomic mass is 35.5. The Bertz CT molecular complexity index is 1160. The number of halogens is 2. The minimum atomic E-state index is -3.92. The van der Waals surface area contributed by atoms with Crippen molar-refractivity contribution in [3.63, 3.8) is 0 Å². The standard InChI is InChI=1S/C19H20Cl2N2O4S2/c20-15-4-6-17(21)19(13-15)29(26,27)23-11-8-14-12-16(5-7-18(14)23)28(24,25)22-9-2-1-3-10-22/h4-7,12-13H,1-3,8-11H2. The fourth-order valence-corrected chi connectivity index (χ4v) is 7.62. The van der Waals surface area contributed by atoms with Gasteiger partial charge >= 0.3 is 0 Å². The van der Waals surface area contributed by atoms with Gasteiger partial charge in [0.05, 0.1) is 15.6 Å². The Morgan fingerprint density at radius 2 is 1.52 bits per heavy atom. The summed E-state index contributed by atoms with van der Waals surface area (Å²) in [5.74, 6) is 0. The zero-order valence-electron chi connectivity index (χ0n) is 15.5. The molecule has 0 aromatic heterocycles. The van der Waals surface area contributed by atoms with Gasteiger partial charge in [-0.1, -0.05) is 29.6 Å². The molecule has 10 heteroatoms. The van der Waals surface area contributed by atoms with Crippen LogP contribution in [-0.2, 0) is 26.5 Å². The number of hydrogen-bond donors (Lipinski definition) is 0. The lowest BCUT2D eigenvalue weighted by atomic mass is 10.2. The molecule has 2 aromatic carbocycles. The predicted octanol–water partition coefficient (Wildman–Crippen LogP) is 3.92. The van der Waals surface area contributed by atoms with Gasteiger partial charge in [-0.3, -0.25) is 4.31 Å². The van der Waals surface area contributed by atoms with Crippen LogP contribution in [0, 0.1) is 0 Å². The molecule has 0 radical (unpaired) electrons. The topological polar surface area (TPSA) is 74.8 Å². The lowest BCUT2D eigenvalue weighted by Gasteiger charge is -2.26. The molecular formula is C19H20Cl2N2O4S2. The number of anilines is 1. The van der Waals surface area contributed by atoms with Crippen LogP contribution in [0.2, 0.25) is 10.0 Å². The van der Waals surface area contributed by atoms with Crippen LogP contribution in [0.5, 0.6) is 0 Å². The normalized spacial score (nSPS) is 18.1. The summed E-state index contributed by atoms with van der Waals surface area (Å²) in [5.41, 5.74) is 1.16. The second kappa shape index (κ2) is 7.74. The third-order valence-corrected chi connectivity index (χ3v) is 9.74. The molecule has 6 nitrogen and oxygen atoms in total. The van der Waals surface area contributed by atoms with Gasteiger partial charge in [0, 0.05) is 24.7 Å². The van der Waals surface area contributed by atoms with E-state index in [0.29, 0.717) is 30.8 Å². The Morgan fingerprint density at radius 1 is 0.793 bits per heavy atom. The van der Waals surface area contributed by atoms with Crippen molar-refractivity contribution in [2.75, 3.05) is 23.9 Å². The number of benzene rings is 2. The molecule has 0 N–H and O–H groups in total. The highest BCUT2D eigenvalue weighted by Crippen LogP contribution is 2.37.